The van der Waals surface area contributed by atoms with Crippen molar-refractivity contribution in [3.8, 4) is 17.0 Å². The van der Waals surface area contributed by atoms with Crippen molar-refractivity contribution >= 4 is 39.8 Å². The number of nitrogens with zero attached hydrogens (tertiary/aromatic N) is 5. The Bertz CT molecular complexity index is 1610. The van der Waals surface area contributed by atoms with Crippen LogP contribution in [0.5, 0.6) is 5.75 Å². The molecule has 6 rings (SSSR count). The lowest BCUT2D eigenvalue weighted by Crippen LogP contribution is -2.44. The number of aromatic nitrogens is 3. The largest absolute Gasteiger partial charge is 0.494 e. The lowest BCUT2D eigenvalue weighted by atomic mass is 9.74. The summed E-state index contributed by atoms with van der Waals surface area (Å²) in [6.45, 7) is 9.49. The van der Waals surface area contributed by atoms with Gasteiger partial charge in [-0.1, -0.05) is 31.7 Å². The number of nitrogens with one attached hydrogen (secondary N) is 2. The van der Waals surface area contributed by atoms with Crippen LogP contribution in [0.1, 0.15) is 32.6 Å². The van der Waals surface area contributed by atoms with Crippen LogP contribution in [-0.4, -0.2) is 65.7 Å². The number of anilines is 4. The molecule has 1 aliphatic carbocycles. The van der Waals surface area contributed by atoms with Gasteiger partial charge in [-0.15, -0.1) is 0 Å². The first kappa shape index (κ1) is 27.8. The highest BCUT2D eigenvalue weighted by atomic mass is 16.5. The predicted molar refractivity (Wildman–Crippen MR) is 170 cm³/mol. The van der Waals surface area contributed by atoms with E-state index in [4.69, 9.17) is 9.72 Å². The van der Waals surface area contributed by atoms with Crippen LogP contribution in [0.15, 0.2) is 67.5 Å². The number of ether oxygens (including phenoxy) is 1. The van der Waals surface area contributed by atoms with Crippen LogP contribution < -0.4 is 20.3 Å². The molecule has 0 unspecified atom stereocenters. The quantitative estimate of drug-likeness (QED) is 0.240. The van der Waals surface area contributed by atoms with E-state index in [1.165, 1.54) is 36.2 Å². The van der Waals surface area contributed by atoms with Gasteiger partial charge in [0.1, 0.15) is 5.75 Å². The van der Waals surface area contributed by atoms with E-state index in [1.807, 2.05) is 18.2 Å². The summed E-state index contributed by atoms with van der Waals surface area (Å²) in [6.07, 6.45) is 10.1. The van der Waals surface area contributed by atoms with E-state index in [9.17, 15) is 4.79 Å². The lowest BCUT2D eigenvalue weighted by Gasteiger charge is -2.43. The Balaban J connectivity index is 1.36. The van der Waals surface area contributed by atoms with E-state index >= 15 is 0 Å². The summed E-state index contributed by atoms with van der Waals surface area (Å²) >= 11 is 0. The predicted octanol–water partition coefficient (Wildman–Crippen LogP) is 6.02. The molecule has 2 aromatic heterocycles. The molecule has 2 aromatic carbocycles. The number of amides is 1. The highest BCUT2D eigenvalue weighted by Gasteiger charge is 2.38. The Morgan fingerprint density at radius 1 is 1.12 bits per heavy atom. The van der Waals surface area contributed by atoms with E-state index in [0.29, 0.717) is 23.1 Å². The molecular formula is C33H39N7O2. The monoisotopic (exact) mass is 565 g/mol. The van der Waals surface area contributed by atoms with Crippen molar-refractivity contribution < 1.29 is 9.53 Å². The average molecular weight is 566 g/mol. The summed E-state index contributed by atoms with van der Waals surface area (Å²) in [5, 5.41) is 7.53. The Morgan fingerprint density at radius 3 is 2.60 bits per heavy atom. The minimum atomic E-state index is -0.271. The third-order valence-electron chi connectivity index (χ3n) is 8.95. The molecule has 0 spiro atoms. The molecule has 1 aliphatic heterocycles. The number of hydrogen-bond donors (Lipinski definition) is 2. The van der Waals surface area contributed by atoms with E-state index in [-0.39, 0.29) is 11.4 Å². The number of carbonyl (C=O) groups is 1. The molecule has 2 N–H and O–H groups in total. The molecule has 0 radical (unpaired) electrons. The van der Waals surface area contributed by atoms with Gasteiger partial charge in [-0.25, -0.2) is 9.97 Å². The molecule has 218 valence electrons. The maximum atomic E-state index is 12.4. The Hall–Kier alpha value is -4.37. The first-order valence-electron chi connectivity index (χ1n) is 14.7. The van der Waals surface area contributed by atoms with Crippen LogP contribution in [-0.2, 0) is 10.3 Å². The number of hydrogen-bond acceptors (Lipinski definition) is 7. The van der Waals surface area contributed by atoms with Crippen molar-refractivity contribution in [1.82, 2.24) is 19.4 Å². The number of methoxy groups -OCH3 is 1. The minimum absolute atomic E-state index is 0.178. The van der Waals surface area contributed by atoms with Crippen molar-refractivity contribution in [2.75, 3.05) is 55.9 Å². The Morgan fingerprint density at radius 2 is 1.90 bits per heavy atom. The maximum Gasteiger partial charge on any atom is 0.247 e. The number of fused-ring (bicyclic) bond motifs is 1. The smallest absolute Gasteiger partial charge is 0.247 e. The summed E-state index contributed by atoms with van der Waals surface area (Å²) in [5.41, 5.74) is 5.60. The van der Waals surface area contributed by atoms with Gasteiger partial charge >= 0.3 is 0 Å². The van der Waals surface area contributed by atoms with Gasteiger partial charge in [0.05, 0.1) is 29.9 Å². The van der Waals surface area contributed by atoms with E-state index in [0.717, 1.165) is 49.5 Å². The zero-order chi connectivity index (χ0) is 29.3. The molecule has 1 saturated heterocycles. The standard InChI is InChI=1S/C33H39N7O2/c1-5-31(41)35-26-20-27(30(42-4)21-29(26)39-18-16-38(3)17-19-39)37-32-34-15-12-25(36-32)24-22-40(33(6-2)13-9-14-33)28-11-8-7-10-23(24)28/h5,7-8,10-12,15,20-22H,1,6,9,13-14,16-19H2,2-4H3,(H,35,41)(H,34,36,37). The molecule has 9 heteroatoms. The molecule has 3 heterocycles. The SMILES string of the molecule is C=CC(=O)Nc1cc(Nc2nccc(-c3cn(C4(CC)CCC4)c4ccccc34)n2)c(OC)cc1N1CCN(C)CC1. The molecule has 9 nitrogen and oxygen atoms in total. The van der Waals surface area contributed by atoms with Gasteiger partial charge < -0.3 is 29.7 Å². The van der Waals surface area contributed by atoms with Crippen LogP contribution >= 0.6 is 0 Å². The second kappa shape index (κ2) is 11.5. The van der Waals surface area contributed by atoms with E-state index in [1.54, 1.807) is 13.3 Å². The number of rotatable bonds is 9. The fraction of sp³-hybridized carbons (Fsp3) is 0.364. The molecule has 2 fully saturated rings. The van der Waals surface area contributed by atoms with Gasteiger partial charge in [0, 0.05) is 66.6 Å². The normalized spacial score (nSPS) is 16.6. The number of carbonyl (C=O) groups excluding carboxylic acids is 1. The topological polar surface area (TPSA) is 87.5 Å². The van der Waals surface area contributed by atoms with Crippen LogP contribution in [0.3, 0.4) is 0 Å². The fourth-order valence-electron chi connectivity index (χ4n) is 6.24. The third kappa shape index (κ3) is 5.09. The van der Waals surface area contributed by atoms with Crippen molar-refractivity contribution in [2.24, 2.45) is 0 Å². The Labute approximate surface area is 247 Å². The van der Waals surface area contributed by atoms with Crippen LogP contribution in [0.25, 0.3) is 22.2 Å². The molecule has 1 saturated carbocycles. The second-order valence-corrected chi connectivity index (χ2v) is 11.3. The van der Waals surface area contributed by atoms with Gasteiger partial charge in [0.25, 0.3) is 0 Å². The summed E-state index contributed by atoms with van der Waals surface area (Å²) in [5.74, 6) is 0.818. The first-order chi connectivity index (χ1) is 20.4. The number of piperazine rings is 1. The molecule has 2 aliphatic rings. The molecule has 0 atom stereocenters. The zero-order valence-electron chi connectivity index (χ0n) is 24.7. The lowest BCUT2D eigenvalue weighted by molar-refractivity contribution is -0.111. The van der Waals surface area contributed by atoms with Gasteiger partial charge in [-0.3, -0.25) is 4.79 Å². The maximum absolute atomic E-state index is 12.4. The first-order valence-corrected chi connectivity index (χ1v) is 14.7. The van der Waals surface area contributed by atoms with Crippen LogP contribution in [0.2, 0.25) is 0 Å². The van der Waals surface area contributed by atoms with Crippen molar-refractivity contribution in [3.05, 3.63) is 67.5 Å². The van der Waals surface area contributed by atoms with Crippen molar-refractivity contribution in [2.45, 2.75) is 38.1 Å². The summed E-state index contributed by atoms with van der Waals surface area (Å²) in [6, 6.07) is 14.4. The third-order valence-corrected chi connectivity index (χ3v) is 8.95. The van der Waals surface area contributed by atoms with Gasteiger partial charge in [0.15, 0.2) is 0 Å². The minimum Gasteiger partial charge on any atom is -0.494 e. The average Bonchev–Trinajstić information content (AvgIpc) is 3.38. The Kier molecular flexibility index (Phi) is 7.60. The van der Waals surface area contributed by atoms with Crippen LogP contribution in [0.4, 0.5) is 23.0 Å². The zero-order valence-corrected chi connectivity index (χ0v) is 24.7. The summed E-state index contributed by atoms with van der Waals surface area (Å²) in [4.78, 5) is 26.4. The second-order valence-electron chi connectivity index (χ2n) is 11.3. The fourth-order valence-corrected chi connectivity index (χ4v) is 6.24. The van der Waals surface area contributed by atoms with Gasteiger partial charge in [0.2, 0.25) is 11.9 Å². The van der Waals surface area contributed by atoms with E-state index < -0.39 is 0 Å². The van der Waals surface area contributed by atoms with Crippen molar-refractivity contribution in [3.63, 3.8) is 0 Å². The highest BCUT2D eigenvalue weighted by molar-refractivity contribution is 6.02. The molecule has 42 heavy (non-hydrogen) atoms. The molecule has 4 aromatic rings. The van der Waals surface area contributed by atoms with Crippen molar-refractivity contribution in [1.29, 1.82) is 0 Å². The molecule has 1 amide bonds. The number of benzene rings is 2. The summed E-state index contributed by atoms with van der Waals surface area (Å²) in [7, 11) is 3.76. The van der Waals surface area contributed by atoms with Crippen LogP contribution in [0, 0.1) is 0 Å². The molecular weight excluding hydrogens is 526 g/mol. The summed E-state index contributed by atoms with van der Waals surface area (Å²) < 4.78 is 8.29. The van der Waals surface area contributed by atoms with Gasteiger partial charge in [-0.2, -0.15) is 0 Å². The number of likely N-dealkylation sites (N-methyl/N-ethyl adjacent to an activating group) is 1. The van der Waals surface area contributed by atoms with E-state index in [2.05, 4.69) is 81.0 Å². The molecule has 0 bridgehead atoms. The highest BCUT2D eigenvalue weighted by Crippen LogP contribution is 2.46. The number of para-hydroxylation sites is 1. The van der Waals surface area contributed by atoms with Gasteiger partial charge in [-0.05, 0) is 57.0 Å².